The Morgan fingerprint density at radius 2 is 1.94 bits per heavy atom. The molecule has 0 spiro atoms. The topological polar surface area (TPSA) is 28.2 Å². The fraction of sp³-hybridized carbons (Fsp3) is 0.786. The van der Waals surface area contributed by atoms with E-state index in [0.717, 1.165) is 26.2 Å². The SMILES string of the molecule is CCCN(CCC)c1nc(CNCC(C)C)cs1. The van der Waals surface area contributed by atoms with E-state index in [2.05, 4.69) is 43.3 Å². The number of nitrogens with one attached hydrogen (secondary N) is 1. The molecule has 0 fully saturated rings. The third-order valence-corrected chi connectivity index (χ3v) is 3.61. The van der Waals surface area contributed by atoms with Gasteiger partial charge < -0.3 is 10.2 Å². The average Bonchev–Trinajstić information content (AvgIpc) is 2.77. The Hall–Kier alpha value is -0.610. The van der Waals surface area contributed by atoms with Crippen molar-refractivity contribution in [3.05, 3.63) is 11.1 Å². The fourth-order valence-corrected chi connectivity index (χ4v) is 2.73. The summed E-state index contributed by atoms with van der Waals surface area (Å²) in [5.74, 6) is 0.694. The van der Waals surface area contributed by atoms with E-state index in [-0.39, 0.29) is 0 Å². The molecule has 1 heterocycles. The molecule has 1 aromatic heterocycles. The molecule has 0 bridgehead atoms. The van der Waals surface area contributed by atoms with E-state index in [1.807, 2.05) is 0 Å². The summed E-state index contributed by atoms with van der Waals surface area (Å²) < 4.78 is 0. The first kappa shape index (κ1) is 15.4. The van der Waals surface area contributed by atoms with Gasteiger partial charge in [-0.05, 0) is 25.3 Å². The monoisotopic (exact) mass is 269 g/mol. The second kappa shape index (κ2) is 8.48. The van der Waals surface area contributed by atoms with E-state index in [1.165, 1.54) is 23.7 Å². The number of nitrogens with zero attached hydrogens (tertiary/aromatic N) is 2. The lowest BCUT2D eigenvalue weighted by Crippen LogP contribution is -2.25. The highest BCUT2D eigenvalue weighted by Crippen LogP contribution is 2.21. The molecule has 0 aromatic carbocycles. The first-order valence-corrected chi connectivity index (χ1v) is 7.95. The van der Waals surface area contributed by atoms with Gasteiger partial charge in [0.1, 0.15) is 0 Å². The lowest BCUT2D eigenvalue weighted by atomic mass is 10.2. The van der Waals surface area contributed by atoms with Crippen LogP contribution in [0.2, 0.25) is 0 Å². The average molecular weight is 269 g/mol. The van der Waals surface area contributed by atoms with Crippen molar-refractivity contribution in [3.8, 4) is 0 Å². The third-order valence-electron chi connectivity index (χ3n) is 2.66. The van der Waals surface area contributed by atoms with Gasteiger partial charge in [-0.1, -0.05) is 27.7 Å². The van der Waals surface area contributed by atoms with Crippen molar-refractivity contribution >= 4 is 16.5 Å². The van der Waals surface area contributed by atoms with E-state index in [1.54, 1.807) is 11.3 Å². The predicted molar refractivity (Wildman–Crippen MR) is 81.5 cm³/mol. The first-order chi connectivity index (χ1) is 8.67. The molecule has 1 aromatic rings. The molecule has 1 N–H and O–H groups in total. The minimum atomic E-state index is 0.694. The highest BCUT2D eigenvalue weighted by molar-refractivity contribution is 7.13. The van der Waals surface area contributed by atoms with Crippen molar-refractivity contribution in [2.45, 2.75) is 47.1 Å². The van der Waals surface area contributed by atoms with Crippen molar-refractivity contribution in [1.82, 2.24) is 10.3 Å². The van der Waals surface area contributed by atoms with Crippen LogP contribution in [0.15, 0.2) is 5.38 Å². The van der Waals surface area contributed by atoms with Gasteiger partial charge in [0.15, 0.2) is 5.13 Å². The Morgan fingerprint density at radius 3 is 2.50 bits per heavy atom. The number of thiazole rings is 1. The van der Waals surface area contributed by atoms with E-state index < -0.39 is 0 Å². The molecule has 0 radical (unpaired) electrons. The highest BCUT2D eigenvalue weighted by Gasteiger charge is 2.09. The summed E-state index contributed by atoms with van der Waals surface area (Å²) in [5.41, 5.74) is 1.17. The van der Waals surface area contributed by atoms with Crippen molar-refractivity contribution in [2.24, 2.45) is 5.92 Å². The Morgan fingerprint density at radius 1 is 1.28 bits per heavy atom. The lowest BCUT2D eigenvalue weighted by molar-refractivity contribution is 0.549. The van der Waals surface area contributed by atoms with E-state index in [0.29, 0.717) is 5.92 Å². The number of hydrogen-bond donors (Lipinski definition) is 1. The minimum Gasteiger partial charge on any atom is -0.348 e. The molecule has 4 heteroatoms. The summed E-state index contributed by atoms with van der Waals surface area (Å²) in [6.07, 6.45) is 2.36. The summed E-state index contributed by atoms with van der Waals surface area (Å²) in [7, 11) is 0. The van der Waals surface area contributed by atoms with Gasteiger partial charge >= 0.3 is 0 Å². The molecule has 18 heavy (non-hydrogen) atoms. The van der Waals surface area contributed by atoms with Gasteiger partial charge in [0.25, 0.3) is 0 Å². The van der Waals surface area contributed by atoms with Crippen LogP contribution >= 0.6 is 11.3 Å². The van der Waals surface area contributed by atoms with E-state index >= 15 is 0 Å². The Balaban J connectivity index is 2.49. The second-order valence-electron chi connectivity index (χ2n) is 5.13. The van der Waals surface area contributed by atoms with Gasteiger partial charge in [0, 0.05) is 25.0 Å². The summed E-state index contributed by atoms with van der Waals surface area (Å²) in [6.45, 7) is 13.1. The Labute approximate surface area is 116 Å². The van der Waals surface area contributed by atoms with Gasteiger partial charge in [-0.2, -0.15) is 0 Å². The van der Waals surface area contributed by atoms with Gasteiger partial charge in [0.2, 0.25) is 0 Å². The van der Waals surface area contributed by atoms with Crippen molar-refractivity contribution in [2.75, 3.05) is 24.5 Å². The molecule has 0 aliphatic rings. The Kier molecular flexibility index (Phi) is 7.28. The maximum Gasteiger partial charge on any atom is 0.185 e. The largest absolute Gasteiger partial charge is 0.348 e. The number of rotatable bonds is 9. The molecular formula is C14H27N3S. The zero-order valence-corrected chi connectivity index (χ0v) is 13.0. The van der Waals surface area contributed by atoms with Crippen LogP contribution in [0.1, 0.15) is 46.2 Å². The smallest absolute Gasteiger partial charge is 0.185 e. The molecular weight excluding hydrogens is 242 g/mol. The first-order valence-electron chi connectivity index (χ1n) is 7.07. The zero-order valence-electron chi connectivity index (χ0n) is 12.2. The maximum atomic E-state index is 4.73. The van der Waals surface area contributed by atoms with Gasteiger partial charge in [-0.3, -0.25) is 0 Å². The van der Waals surface area contributed by atoms with Gasteiger partial charge in [0.05, 0.1) is 5.69 Å². The molecule has 0 saturated carbocycles. The molecule has 1 rings (SSSR count). The number of hydrogen-bond acceptors (Lipinski definition) is 4. The number of aromatic nitrogens is 1. The van der Waals surface area contributed by atoms with Crippen LogP contribution in [-0.2, 0) is 6.54 Å². The molecule has 0 unspecified atom stereocenters. The van der Waals surface area contributed by atoms with Gasteiger partial charge in [-0.15, -0.1) is 11.3 Å². The summed E-state index contributed by atoms with van der Waals surface area (Å²) in [5, 5.41) is 6.81. The molecule has 0 amide bonds. The Bertz CT molecular complexity index is 317. The summed E-state index contributed by atoms with van der Waals surface area (Å²) >= 11 is 1.77. The van der Waals surface area contributed by atoms with E-state index in [9.17, 15) is 0 Å². The van der Waals surface area contributed by atoms with Crippen molar-refractivity contribution in [1.29, 1.82) is 0 Å². The van der Waals surface area contributed by atoms with Crippen LogP contribution < -0.4 is 10.2 Å². The van der Waals surface area contributed by atoms with Gasteiger partial charge in [-0.25, -0.2) is 4.98 Å². The molecule has 0 aliphatic heterocycles. The lowest BCUT2D eigenvalue weighted by Gasteiger charge is -2.19. The van der Waals surface area contributed by atoms with Crippen molar-refractivity contribution < 1.29 is 0 Å². The molecule has 0 saturated heterocycles. The number of anilines is 1. The maximum absolute atomic E-state index is 4.73. The van der Waals surface area contributed by atoms with E-state index in [4.69, 9.17) is 4.98 Å². The van der Waals surface area contributed by atoms with Crippen LogP contribution in [-0.4, -0.2) is 24.6 Å². The zero-order chi connectivity index (χ0) is 13.4. The molecule has 0 atom stereocenters. The second-order valence-corrected chi connectivity index (χ2v) is 5.97. The van der Waals surface area contributed by atoms with Crippen LogP contribution in [0, 0.1) is 5.92 Å². The minimum absolute atomic E-state index is 0.694. The molecule has 104 valence electrons. The van der Waals surface area contributed by atoms with Crippen LogP contribution in [0.25, 0.3) is 0 Å². The summed E-state index contributed by atoms with van der Waals surface area (Å²) in [6, 6.07) is 0. The van der Waals surface area contributed by atoms with Crippen LogP contribution in [0.5, 0.6) is 0 Å². The third kappa shape index (κ3) is 5.36. The highest BCUT2D eigenvalue weighted by atomic mass is 32.1. The standard InChI is InChI=1S/C14H27N3S/c1-5-7-17(8-6-2)14-16-13(11-18-14)10-15-9-12(3)4/h11-12,15H,5-10H2,1-4H3. The van der Waals surface area contributed by atoms with Crippen LogP contribution in [0.3, 0.4) is 0 Å². The normalized spacial score (nSPS) is 11.2. The molecule has 0 aliphatic carbocycles. The quantitative estimate of drug-likeness (QED) is 0.743. The molecule has 3 nitrogen and oxygen atoms in total. The summed E-state index contributed by atoms with van der Waals surface area (Å²) in [4.78, 5) is 7.13. The van der Waals surface area contributed by atoms with Crippen LogP contribution in [0.4, 0.5) is 5.13 Å². The fourth-order valence-electron chi connectivity index (χ4n) is 1.85. The van der Waals surface area contributed by atoms with Crippen molar-refractivity contribution in [3.63, 3.8) is 0 Å². The predicted octanol–water partition coefficient (Wildman–Crippen LogP) is 3.52.